The van der Waals surface area contributed by atoms with Crippen molar-refractivity contribution < 1.29 is 14.4 Å². The molecule has 1 saturated heterocycles. The summed E-state index contributed by atoms with van der Waals surface area (Å²) in [6.45, 7) is 2.45. The molecule has 0 amide bonds. The molecule has 0 N–H and O–H groups in total. The number of nitrogens with zero attached hydrogens (tertiary/aromatic N) is 1. The monoisotopic (exact) mass is 257 g/mol. The number of carbonyl (C=O) groups excluding carboxylic acids is 1. The van der Waals surface area contributed by atoms with E-state index in [9.17, 15) is 4.79 Å². The van der Waals surface area contributed by atoms with Crippen LogP contribution in [0, 0.1) is 0 Å². The smallest absolute Gasteiger partial charge is 0.357 e. The minimum atomic E-state index is -0.312. The van der Waals surface area contributed by atoms with E-state index in [1.807, 2.05) is 36.4 Å². The molecule has 1 aliphatic rings. The molecule has 19 heavy (non-hydrogen) atoms. The molecule has 4 heteroatoms. The lowest BCUT2D eigenvalue weighted by atomic mass is 10.1. The topological polar surface area (TPSA) is 38.8 Å². The van der Waals surface area contributed by atoms with Crippen molar-refractivity contribution >= 4 is 16.7 Å². The first-order valence-electron chi connectivity index (χ1n) is 6.37. The van der Waals surface area contributed by atoms with Crippen LogP contribution in [0.2, 0.25) is 0 Å². The van der Waals surface area contributed by atoms with Crippen molar-refractivity contribution in [2.75, 3.05) is 26.3 Å². The Labute approximate surface area is 111 Å². The van der Waals surface area contributed by atoms with Gasteiger partial charge in [0, 0.05) is 0 Å². The number of carbonyl (C=O) groups is 1. The van der Waals surface area contributed by atoms with Gasteiger partial charge in [0.25, 0.3) is 0 Å². The molecule has 0 spiro atoms. The fourth-order valence-electron chi connectivity index (χ4n) is 2.12. The molecule has 0 atom stereocenters. The lowest BCUT2D eigenvalue weighted by molar-refractivity contribution is -0.150. The summed E-state index contributed by atoms with van der Waals surface area (Å²) in [6, 6.07) is 13.5. The molecule has 3 rings (SSSR count). The maximum Gasteiger partial charge on any atom is 0.357 e. The predicted molar refractivity (Wildman–Crippen MR) is 71.8 cm³/mol. The molecule has 0 radical (unpaired) electrons. The van der Waals surface area contributed by atoms with E-state index in [1.54, 1.807) is 11.1 Å². The molecule has 0 bridgehead atoms. The van der Waals surface area contributed by atoms with Gasteiger partial charge in [0.05, 0.1) is 31.9 Å². The molecule has 1 aliphatic heterocycles. The lowest BCUT2D eigenvalue weighted by Gasteiger charge is -2.24. The summed E-state index contributed by atoms with van der Waals surface area (Å²) in [4.78, 5) is 17.4. The highest BCUT2D eigenvalue weighted by atomic mass is 16.7. The zero-order valence-corrected chi connectivity index (χ0v) is 10.5. The van der Waals surface area contributed by atoms with Crippen molar-refractivity contribution in [3.8, 4) is 0 Å². The van der Waals surface area contributed by atoms with Crippen LogP contribution in [-0.2, 0) is 9.57 Å². The molecule has 2 aromatic carbocycles. The Bertz CT molecular complexity index is 591. The van der Waals surface area contributed by atoms with Crippen LogP contribution in [0.5, 0.6) is 0 Å². The fraction of sp³-hybridized carbons (Fsp3) is 0.267. The Morgan fingerprint density at radius 2 is 1.79 bits per heavy atom. The number of hydrogen-bond donors (Lipinski definition) is 0. The van der Waals surface area contributed by atoms with E-state index < -0.39 is 0 Å². The highest BCUT2D eigenvalue weighted by molar-refractivity contribution is 5.95. The van der Waals surface area contributed by atoms with Crippen molar-refractivity contribution in [3.05, 3.63) is 48.0 Å². The Kier molecular flexibility index (Phi) is 3.44. The zero-order chi connectivity index (χ0) is 13.1. The highest BCUT2D eigenvalue weighted by Crippen LogP contribution is 2.16. The van der Waals surface area contributed by atoms with Crippen LogP contribution in [-0.4, -0.2) is 37.3 Å². The second-order valence-electron chi connectivity index (χ2n) is 4.48. The van der Waals surface area contributed by atoms with Gasteiger partial charge >= 0.3 is 5.97 Å². The van der Waals surface area contributed by atoms with E-state index in [4.69, 9.17) is 9.57 Å². The van der Waals surface area contributed by atoms with Crippen LogP contribution in [0.15, 0.2) is 42.5 Å². The normalized spacial score (nSPS) is 16.4. The molecule has 4 nitrogen and oxygen atoms in total. The summed E-state index contributed by atoms with van der Waals surface area (Å²) in [5, 5.41) is 3.81. The van der Waals surface area contributed by atoms with Gasteiger partial charge in [-0.1, -0.05) is 30.3 Å². The summed E-state index contributed by atoms with van der Waals surface area (Å²) in [5.74, 6) is -0.312. The van der Waals surface area contributed by atoms with Crippen molar-refractivity contribution in [1.82, 2.24) is 5.06 Å². The van der Waals surface area contributed by atoms with Crippen LogP contribution < -0.4 is 0 Å². The number of hydroxylamine groups is 2. The standard InChI is InChI=1S/C15H15NO3/c17-15(19-16-7-9-18-10-8-16)14-6-5-12-3-1-2-4-13(12)11-14/h1-6,11H,7-10H2. The highest BCUT2D eigenvalue weighted by Gasteiger charge is 2.16. The van der Waals surface area contributed by atoms with Gasteiger partial charge < -0.3 is 9.57 Å². The van der Waals surface area contributed by atoms with E-state index in [1.165, 1.54) is 0 Å². The van der Waals surface area contributed by atoms with Crippen LogP contribution in [0.4, 0.5) is 0 Å². The number of benzene rings is 2. The molecule has 0 aromatic heterocycles. The van der Waals surface area contributed by atoms with Gasteiger partial charge in [0.2, 0.25) is 0 Å². The Hall–Kier alpha value is -1.91. The molecular formula is C15H15NO3. The molecule has 1 heterocycles. The number of rotatable bonds is 2. The lowest BCUT2D eigenvalue weighted by Crippen LogP contribution is -2.37. The van der Waals surface area contributed by atoms with Gasteiger partial charge in [0.1, 0.15) is 0 Å². The third-order valence-corrected chi connectivity index (χ3v) is 3.17. The van der Waals surface area contributed by atoms with Crippen LogP contribution in [0.1, 0.15) is 10.4 Å². The van der Waals surface area contributed by atoms with Gasteiger partial charge in [-0.3, -0.25) is 0 Å². The minimum absolute atomic E-state index is 0.312. The predicted octanol–water partition coefficient (Wildman–Crippen LogP) is 2.24. The zero-order valence-electron chi connectivity index (χ0n) is 10.5. The molecule has 1 fully saturated rings. The van der Waals surface area contributed by atoms with Gasteiger partial charge in [-0.25, -0.2) is 4.79 Å². The molecule has 0 aliphatic carbocycles. The summed E-state index contributed by atoms with van der Waals surface area (Å²) in [7, 11) is 0. The van der Waals surface area contributed by atoms with Crippen LogP contribution in [0.25, 0.3) is 10.8 Å². The maximum atomic E-state index is 12.1. The van der Waals surface area contributed by atoms with E-state index in [0.29, 0.717) is 31.9 Å². The van der Waals surface area contributed by atoms with Gasteiger partial charge in [-0.2, -0.15) is 0 Å². The molecule has 0 unspecified atom stereocenters. The van der Waals surface area contributed by atoms with E-state index in [0.717, 1.165) is 10.8 Å². The van der Waals surface area contributed by atoms with E-state index in [-0.39, 0.29) is 5.97 Å². The van der Waals surface area contributed by atoms with Crippen LogP contribution >= 0.6 is 0 Å². The third-order valence-electron chi connectivity index (χ3n) is 3.17. The Morgan fingerprint density at radius 3 is 2.58 bits per heavy atom. The van der Waals surface area contributed by atoms with E-state index >= 15 is 0 Å². The van der Waals surface area contributed by atoms with Crippen molar-refractivity contribution in [3.63, 3.8) is 0 Å². The quantitative estimate of drug-likeness (QED) is 0.827. The number of hydrogen-bond acceptors (Lipinski definition) is 4. The van der Waals surface area contributed by atoms with Crippen LogP contribution in [0.3, 0.4) is 0 Å². The number of morpholine rings is 1. The van der Waals surface area contributed by atoms with Gasteiger partial charge in [-0.05, 0) is 22.9 Å². The molecule has 2 aromatic rings. The average molecular weight is 257 g/mol. The summed E-state index contributed by atoms with van der Waals surface area (Å²) >= 11 is 0. The van der Waals surface area contributed by atoms with Gasteiger partial charge in [0.15, 0.2) is 0 Å². The van der Waals surface area contributed by atoms with Crippen molar-refractivity contribution in [1.29, 1.82) is 0 Å². The molecular weight excluding hydrogens is 242 g/mol. The molecule has 98 valence electrons. The Morgan fingerprint density at radius 1 is 1.05 bits per heavy atom. The van der Waals surface area contributed by atoms with E-state index in [2.05, 4.69) is 0 Å². The summed E-state index contributed by atoms with van der Waals surface area (Å²) in [5.41, 5.74) is 0.574. The first-order chi connectivity index (χ1) is 9.33. The van der Waals surface area contributed by atoms with Crippen molar-refractivity contribution in [2.45, 2.75) is 0 Å². The average Bonchev–Trinajstić information content (AvgIpc) is 2.48. The minimum Gasteiger partial charge on any atom is -0.379 e. The molecule has 0 saturated carbocycles. The number of fused-ring (bicyclic) bond motifs is 1. The third kappa shape index (κ3) is 2.75. The second kappa shape index (κ2) is 5.38. The Balaban J connectivity index is 1.77. The largest absolute Gasteiger partial charge is 0.379 e. The summed E-state index contributed by atoms with van der Waals surface area (Å²) < 4.78 is 5.21. The van der Waals surface area contributed by atoms with Gasteiger partial charge in [-0.15, -0.1) is 5.06 Å². The maximum absolute atomic E-state index is 12.1. The first kappa shape index (κ1) is 12.1. The second-order valence-corrected chi connectivity index (χ2v) is 4.48. The SMILES string of the molecule is O=C(ON1CCOCC1)c1ccc2ccccc2c1. The number of ether oxygens (including phenoxy) is 1. The summed E-state index contributed by atoms with van der Waals surface area (Å²) in [6.07, 6.45) is 0. The first-order valence-corrected chi connectivity index (χ1v) is 6.37. The van der Waals surface area contributed by atoms with Crippen molar-refractivity contribution in [2.24, 2.45) is 0 Å². The fourth-order valence-corrected chi connectivity index (χ4v) is 2.12.